The molecule has 0 saturated carbocycles. The Bertz CT molecular complexity index is 656. The highest BCUT2D eigenvalue weighted by atomic mass is 19.1. The monoisotopic (exact) mass is 334 g/mol. The maximum absolute atomic E-state index is 13.8. The molecule has 1 aromatic carbocycles. The zero-order valence-corrected chi connectivity index (χ0v) is 13.5. The van der Waals surface area contributed by atoms with Crippen LogP contribution in [0.4, 0.5) is 4.39 Å². The highest BCUT2D eigenvalue weighted by Crippen LogP contribution is 2.21. The number of rotatable bonds is 5. The lowest BCUT2D eigenvalue weighted by Gasteiger charge is -2.33. The van der Waals surface area contributed by atoms with E-state index in [0.717, 1.165) is 18.9 Å². The van der Waals surface area contributed by atoms with Gasteiger partial charge in [0.1, 0.15) is 6.04 Å². The molecule has 0 bridgehead atoms. The number of carbonyl (C=O) groups excluding carboxylic acids is 2. The number of hydrogen-bond donors (Lipinski definition) is 0. The first kappa shape index (κ1) is 17.7. The Hall–Kier alpha value is -2.62. The first-order chi connectivity index (χ1) is 11.6. The molecule has 0 spiro atoms. The fraction of sp³-hybridized carbons (Fsp3) is 0.471. The lowest BCUT2D eigenvalue weighted by molar-refractivity contribution is -0.157. The Labute approximate surface area is 139 Å². The first-order valence-corrected chi connectivity index (χ1v) is 7.85. The lowest BCUT2D eigenvalue weighted by atomic mass is 10.0. The molecule has 24 heavy (non-hydrogen) atoms. The number of amides is 1. The largest absolute Gasteiger partial charge is 0.481 e. The maximum atomic E-state index is 13.8. The maximum Gasteiger partial charge on any atom is 0.328 e. The highest BCUT2D eigenvalue weighted by Gasteiger charge is 2.33. The van der Waals surface area contributed by atoms with Gasteiger partial charge in [-0.1, -0.05) is 0 Å². The van der Waals surface area contributed by atoms with Gasteiger partial charge in [-0.2, -0.15) is 5.26 Å². The summed E-state index contributed by atoms with van der Waals surface area (Å²) in [4.78, 5) is 25.7. The summed E-state index contributed by atoms with van der Waals surface area (Å²) in [5.74, 6) is -1.62. The molecule has 1 amide bonds. The molecule has 1 heterocycles. The smallest absolute Gasteiger partial charge is 0.328 e. The topological polar surface area (TPSA) is 79.6 Å². The summed E-state index contributed by atoms with van der Waals surface area (Å²) < 4.78 is 24.0. The van der Waals surface area contributed by atoms with Crippen molar-refractivity contribution >= 4 is 11.9 Å². The van der Waals surface area contributed by atoms with E-state index in [-0.39, 0.29) is 24.5 Å². The standard InChI is InChI=1S/C17H19FN2O4/c1-2-23-17(22)14-5-3-4-8-20(14)16(21)11-24-15-7-6-12(10-19)9-13(15)18/h6-7,9,14H,2-5,8,11H2,1H3. The Morgan fingerprint density at radius 2 is 2.21 bits per heavy atom. The number of ether oxygens (including phenoxy) is 2. The molecular weight excluding hydrogens is 315 g/mol. The van der Waals surface area contributed by atoms with Gasteiger partial charge in [-0.05, 0) is 44.4 Å². The third kappa shape index (κ3) is 4.22. The molecule has 1 atom stereocenters. The summed E-state index contributed by atoms with van der Waals surface area (Å²) in [7, 11) is 0. The average molecular weight is 334 g/mol. The Kier molecular flexibility index (Phi) is 6.13. The minimum Gasteiger partial charge on any atom is -0.481 e. The van der Waals surface area contributed by atoms with E-state index < -0.39 is 23.7 Å². The Morgan fingerprint density at radius 3 is 2.88 bits per heavy atom. The SMILES string of the molecule is CCOC(=O)C1CCCCN1C(=O)COc1ccc(C#N)cc1F. The van der Waals surface area contributed by atoms with E-state index >= 15 is 0 Å². The van der Waals surface area contributed by atoms with Crippen LogP contribution < -0.4 is 4.74 Å². The van der Waals surface area contributed by atoms with Crippen molar-refractivity contribution in [3.8, 4) is 11.8 Å². The van der Waals surface area contributed by atoms with Crippen LogP contribution in [0.3, 0.4) is 0 Å². The number of carbonyl (C=O) groups is 2. The molecule has 1 aliphatic heterocycles. The number of hydrogen-bond acceptors (Lipinski definition) is 5. The van der Waals surface area contributed by atoms with Crippen molar-refractivity contribution in [2.45, 2.75) is 32.2 Å². The summed E-state index contributed by atoms with van der Waals surface area (Å²) >= 11 is 0. The van der Waals surface area contributed by atoms with E-state index in [2.05, 4.69) is 0 Å². The normalized spacial score (nSPS) is 17.0. The molecule has 1 fully saturated rings. The van der Waals surface area contributed by atoms with Crippen molar-refractivity contribution in [2.75, 3.05) is 19.8 Å². The van der Waals surface area contributed by atoms with Crippen LogP contribution in [-0.4, -0.2) is 42.6 Å². The van der Waals surface area contributed by atoms with E-state index in [1.54, 1.807) is 6.92 Å². The molecule has 0 aliphatic carbocycles. The van der Waals surface area contributed by atoms with Crippen molar-refractivity contribution in [2.24, 2.45) is 0 Å². The van der Waals surface area contributed by atoms with Crippen molar-refractivity contribution in [1.82, 2.24) is 4.90 Å². The van der Waals surface area contributed by atoms with Gasteiger partial charge >= 0.3 is 5.97 Å². The zero-order chi connectivity index (χ0) is 17.5. The lowest BCUT2D eigenvalue weighted by Crippen LogP contribution is -2.50. The quantitative estimate of drug-likeness (QED) is 0.770. The molecule has 1 unspecified atom stereocenters. The third-order valence-corrected chi connectivity index (χ3v) is 3.79. The second-order valence-electron chi connectivity index (χ2n) is 5.40. The number of nitrogens with zero attached hydrogens (tertiary/aromatic N) is 2. The van der Waals surface area contributed by atoms with Crippen LogP contribution in [0.1, 0.15) is 31.7 Å². The van der Waals surface area contributed by atoms with Crippen LogP contribution in [0.25, 0.3) is 0 Å². The van der Waals surface area contributed by atoms with E-state index in [1.807, 2.05) is 6.07 Å². The second kappa shape index (κ2) is 8.29. The van der Waals surface area contributed by atoms with Crippen molar-refractivity contribution in [3.05, 3.63) is 29.6 Å². The van der Waals surface area contributed by atoms with Crippen molar-refractivity contribution in [1.29, 1.82) is 5.26 Å². The van der Waals surface area contributed by atoms with Crippen LogP contribution >= 0.6 is 0 Å². The number of benzene rings is 1. The van der Waals surface area contributed by atoms with Gasteiger partial charge in [0, 0.05) is 6.54 Å². The van der Waals surface area contributed by atoms with Crippen LogP contribution in [0.5, 0.6) is 5.75 Å². The van der Waals surface area contributed by atoms with Crippen LogP contribution in [0.2, 0.25) is 0 Å². The van der Waals surface area contributed by atoms with E-state index in [1.165, 1.54) is 17.0 Å². The molecule has 0 aromatic heterocycles. The van der Waals surface area contributed by atoms with Crippen molar-refractivity contribution < 1.29 is 23.5 Å². The fourth-order valence-electron chi connectivity index (χ4n) is 2.62. The molecular formula is C17H19FN2O4. The average Bonchev–Trinajstić information content (AvgIpc) is 2.60. The number of likely N-dealkylation sites (tertiary alicyclic amines) is 1. The van der Waals surface area contributed by atoms with Gasteiger partial charge in [0.15, 0.2) is 18.2 Å². The van der Waals surface area contributed by atoms with Gasteiger partial charge < -0.3 is 14.4 Å². The molecule has 7 heteroatoms. The number of esters is 1. The minimum atomic E-state index is -0.706. The molecule has 6 nitrogen and oxygen atoms in total. The summed E-state index contributed by atoms with van der Waals surface area (Å²) in [5.41, 5.74) is 0.171. The van der Waals surface area contributed by atoms with Gasteiger partial charge in [0.25, 0.3) is 5.91 Å². The molecule has 0 N–H and O–H groups in total. The Morgan fingerprint density at radius 1 is 1.42 bits per heavy atom. The van der Waals surface area contributed by atoms with Crippen LogP contribution in [0, 0.1) is 17.1 Å². The molecule has 0 radical (unpaired) electrons. The molecule has 2 rings (SSSR count). The van der Waals surface area contributed by atoms with Gasteiger partial charge in [0.2, 0.25) is 0 Å². The summed E-state index contributed by atoms with van der Waals surface area (Å²) in [6.07, 6.45) is 2.20. The summed E-state index contributed by atoms with van der Waals surface area (Å²) in [5, 5.41) is 8.70. The van der Waals surface area contributed by atoms with Crippen LogP contribution in [-0.2, 0) is 14.3 Å². The van der Waals surface area contributed by atoms with Crippen LogP contribution in [0.15, 0.2) is 18.2 Å². The first-order valence-electron chi connectivity index (χ1n) is 7.85. The predicted octanol–water partition coefficient (Wildman–Crippen LogP) is 2.02. The summed E-state index contributed by atoms with van der Waals surface area (Å²) in [6, 6.07) is 4.97. The van der Waals surface area contributed by atoms with Crippen molar-refractivity contribution in [3.63, 3.8) is 0 Å². The van der Waals surface area contributed by atoms with Gasteiger partial charge in [-0.3, -0.25) is 4.79 Å². The van der Waals surface area contributed by atoms with Gasteiger partial charge in [-0.25, -0.2) is 9.18 Å². The number of nitriles is 1. The third-order valence-electron chi connectivity index (χ3n) is 3.79. The second-order valence-corrected chi connectivity index (χ2v) is 5.40. The number of piperidine rings is 1. The molecule has 1 saturated heterocycles. The molecule has 128 valence electrons. The van der Waals surface area contributed by atoms with E-state index in [0.29, 0.717) is 13.0 Å². The zero-order valence-electron chi connectivity index (χ0n) is 13.5. The van der Waals surface area contributed by atoms with Gasteiger partial charge in [0.05, 0.1) is 18.2 Å². The van der Waals surface area contributed by atoms with E-state index in [4.69, 9.17) is 14.7 Å². The summed E-state index contributed by atoms with van der Waals surface area (Å²) in [6.45, 7) is 2.04. The van der Waals surface area contributed by atoms with E-state index in [9.17, 15) is 14.0 Å². The van der Waals surface area contributed by atoms with Gasteiger partial charge in [-0.15, -0.1) is 0 Å². The molecule has 1 aliphatic rings. The highest BCUT2D eigenvalue weighted by molar-refractivity contribution is 5.85. The fourth-order valence-corrected chi connectivity index (χ4v) is 2.62. The minimum absolute atomic E-state index is 0.105. The predicted molar refractivity (Wildman–Crippen MR) is 82.6 cm³/mol. The Balaban J connectivity index is 2.00. The number of halogens is 1. The molecule has 1 aromatic rings.